The molecule has 6 heteroatoms. The molecule has 1 aliphatic rings. The van der Waals surface area contributed by atoms with Gasteiger partial charge in [0, 0.05) is 23.8 Å². The summed E-state index contributed by atoms with van der Waals surface area (Å²) in [5, 5.41) is 24.5. The second kappa shape index (κ2) is 6.13. The van der Waals surface area contributed by atoms with Gasteiger partial charge in [0.1, 0.15) is 6.10 Å². The molecule has 0 aliphatic carbocycles. The summed E-state index contributed by atoms with van der Waals surface area (Å²) in [5.74, 6) is 0. The number of benzene rings is 1. The zero-order valence-electron chi connectivity index (χ0n) is 14.5. The first-order chi connectivity index (χ1) is 12.1. The molecule has 0 radical (unpaired) electrons. The minimum atomic E-state index is -0.918. The topological polar surface area (TPSA) is 74.4 Å². The quantitative estimate of drug-likeness (QED) is 0.765. The lowest BCUT2D eigenvalue weighted by molar-refractivity contribution is 0.0916. The molecule has 25 heavy (non-hydrogen) atoms. The van der Waals surface area contributed by atoms with E-state index in [-0.39, 0.29) is 6.61 Å². The summed E-state index contributed by atoms with van der Waals surface area (Å²) in [6.45, 7) is 6.22. The van der Waals surface area contributed by atoms with E-state index in [2.05, 4.69) is 47.0 Å². The molecule has 3 aromatic rings. The van der Waals surface area contributed by atoms with Crippen molar-refractivity contribution in [2.24, 2.45) is 0 Å². The van der Waals surface area contributed by atoms with Gasteiger partial charge in [0.25, 0.3) is 0 Å². The van der Waals surface area contributed by atoms with Crippen LogP contribution in [0, 0.1) is 13.8 Å². The maximum absolute atomic E-state index is 9.81. The van der Waals surface area contributed by atoms with Crippen molar-refractivity contribution in [1.29, 1.82) is 0 Å². The van der Waals surface area contributed by atoms with Crippen LogP contribution in [0.3, 0.4) is 0 Å². The van der Waals surface area contributed by atoms with Crippen LogP contribution in [0.25, 0.3) is 10.9 Å². The summed E-state index contributed by atoms with van der Waals surface area (Å²) in [6.07, 6.45) is 0.954. The van der Waals surface area contributed by atoms with Crippen LogP contribution in [0.5, 0.6) is 0 Å². The Labute approximate surface area is 146 Å². The van der Waals surface area contributed by atoms with Gasteiger partial charge >= 0.3 is 0 Å². The molecular formula is C19H22N4O2. The van der Waals surface area contributed by atoms with Crippen molar-refractivity contribution in [3.05, 3.63) is 53.0 Å². The summed E-state index contributed by atoms with van der Waals surface area (Å²) in [4.78, 5) is 6.90. The standard InChI is InChI=1S/C19H22N4O2/c1-12-3-4-15-17(5-6-20-19(15)13(12)2)22-7-8-23-14(10-22)9-16(21-23)18(25)11-24/h3-6,9,18,24-25H,7-8,10-11H2,1-2H3/t18-/m0/s1. The van der Waals surface area contributed by atoms with E-state index >= 15 is 0 Å². The van der Waals surface area contributed by atoms with Gasteiger partial charge in [-0.05, 0) is 37.1 Å². The minimum Gasteiger partial charge on any atom is -0.393 e. The van der Waals surface area contributed by atoms with Crippen LogP contribution in [0.1, 0.15) is 28.6 Å². The number of aliphatic hydroxyl groups is 2. The van der Waals surface area contributed by atoms with Crippen molar-refractivity contribution in [3.8, 4) is 0 Å². The number of pyridine rings is 1. The Morgan fingerprint density at radius 1 is 1.20 bits per heavy atom. The molecule has 1 aliphatic heterocycles. The van der Waals surface area contributed by atoms with Gasteiger partial charge in [0.2, 0.25) is 0 Å². The maximum Gasteiger partial charge on any atom is 0.121 e. The van der Waals surface area contributed by atoms with E-state index in [0.29, 0.717) is 5.69 Å². The van der Waals surface area contributed by atoms with Crippen LogP contribution >= 0.6 is 0 Å². The normalized spacial score (nSPS) is 15.4. The van der Waals surface area contributed by atoms with Gasteiger partial charge in [0.15, 0.2) is 0 Å². The largest absolute Gasteiger partial charge is 0.393 e. The Kier molecular flexibility index (Phi) is 3.94. The van der Waals surface area contributed by atoms with Crippen LogP contribution in [0.2, 0.25) is 0 Å². The highest BCUT2D eigenvalue weighted by molar-refractivity contribution is 5.94. The zero-order valence-corrected chi connectivity index (χ0v) is 14.5. The number of hydrogen-bond donors (Lipinski definition) is 2. The van der Waals surface area contributed by atoms with Gasteiger partial charge in [-0.3, -0.25) is 9.67 Å². The van der Waals surface area contributed by atoms with Crippen molar-refractivity contribution in [2.75, 3.05) is 18.1 Å². The Morgan fingerprint density at radius 2 is 2.04 bits per heavy atom. The third kappa shape index (κ3) is 2.67. The zero-order chi connectivity index (χ0) is 17.6. The number of aryl methyl sites for hydroxylation is 2. The van der Waals surface area contributed by atoms with Gasteiger partial charge < -0.3 is 15.1 Å². The van der Waals surface area contributed by atoms with Gasteiger partial charge in [-0.1, -0.05) is 12.1 Å². The summed E-state index contributed by atoms with van der Waals surface area (Å²) in [7, 11) is 0. The van der Waals surface area contributed by atoms with Crippen LogP contribution in [0.4, 0.5) is 5.69 Å². The lowest BCUT2D eigenvalue weighted by Gasteiger charge is -2.30. The fourth-order valence-corrected chi connectivity index (χ4v) is 3.47. The van der Waals surface area contributed by atoms with Gasteiger partial charge in [-0.15, -0.1) is 0 Å². The van der Waals surface area contributed by atoms with Crippen LogP contribution in [-0.4, -0.2) is 38.1 Å². The Balaban J connectivity index is 1.71. The van der Waals surface area contributed by atoms with E-state index in [9.17, 15) is 5.11 Å². The van der Waals surface area contributed by atoms with Gasteiger partial charge in [-0.2, -0.15) is 5.10 Å². The minimum absolute atomic E-state index is 0.312. The lowest BCUT2D eigenvalue weighted by Crippen LogP contribution is -2.33. The average molecular weight is 338 g/mol. The smallest absolute Gasteiger partial charge is 0.121 e. The molecule has 1 aromatic carbocycles. The highest BCUT2D eigenvalue weighted by atomic mass is 16.3. The molecule has 0 fully saturated rings. The number of anilines is 1. The second-order valence-electron chi connectivity index (χ2n) is 6.64. The number of rotatable bonds is 3. The van der Waals surface area contributed by atoms with Crippen molar-refractivity contribution in [1.82, 2.24) is 14.8 Å². The molecule has 0 spiro atoms. The Bertz CT molecular complexity index is 935. The molecule has 4 rings (SSSR count). The molecule has 2 aromatic heterocycles. The highest BCUT2D eigenvalue weighted by Gasteiger charge is 2.22. The van der Waals surface area contributed by atoms with E-state index in [4.69, 9.17) is 5.11 Å². The van der Waals surface area contributed by atoms with Crippen molar-refractivity contribution in [2.45, 2.75) is 33.0 Å². The number of fused-ring (bicyclic) bond motifs is 2. The number of aliphatic hydroxyl groups excluding tert-OH is 2. The predicted octanol–water partition coefficient (Wildman–Crippen LogP) is 2.09. The van der Waals surface area contributed by atoms with E-state index in [1.54, 1.807) is 0 Å². The lowest BCUT2D eigenvalue weighted by atomic mass is 10.0. The molecule has 1 atom stereocenters. The fourth-order valence-electron chi connectivity index (χ4n) is 3.47. The molecule has 0 bridgehead atoms. The van der Waals surface area contributed by atoms with Gasteiger partial charge in [-0.25, -0.2) is 0 Å². The van der Waals surface area contributed by atoms with Crippen LogP contribution in [-0.2, 0) is 13.1 Å². The van der Waals surface area contributed by atoms with E-state index in [1.807, 2.05) is 16.9 Å². The molecule has 0 unspecified atom stereocenters. The molecule has 3 heterocycles. The molecule has 6 nitrogen and oxygen atoms in total. The summed E-state index contributed by atoms with van der Waals surface area (Å²) in [6, 6.07) is 8.23. The van der Waals surface area contributed by atoms with Crippen LogP contribution in [0.15, 0.2) is 30.5 Å². The van der Waals surface area contributed by atoms with Crippen LogP contribution < -0.4 is 4.90 Å². The number of aromatic nitrogens is 3. The molecule has 2 N–H and O–H groups in total. The van der Waals surface area contributed by atoms with E-state index in [0.717, 1.165) is 36.2 Å². The third-order valence-electron chi connectivity index (χ3n) is 5.09. The molecule has 0 saturated heterocycles. The van der Waals surface area contributed by atoms with Gasteiger partial charge in [0.05, 0.1) is 36.6 Å². The van der Waals surface area contributed by atoms with E-state index < -0.39 is 6.10 Å². The number of nitrogens with zero attached hydrogens (tertiary/aromatic N) is 4. The second-order valence-corrected chi connectivity index (χ2v) is 6.64. The van der Waals surface area contributed by atoms with E-state index in [1.165, 1.54) is 16.8 Å². The third-order valence-corrected chi connectivity index (χ3v) is 5.09. The first kappa shape index (κ1) is 16.1. The molecule has 130 valence electrons. The maximum atomic E-state index is 9.81. The van der Waals surface area contributed by atoms with Crippen molar-refractivity contribution < 1.29 is 10.2 Å². The van der Waals surface area contributed by atoms with Crippen molar-refractivity contribution in [3.63, 3.8) is 0 Å². The van der Waals surface area contributed by atoms with Crippen molar-refractivity contribution >= 4 is 16.6 Å². The monoisotopic (exact) mass is 338 g/mol. The average Bonchev–Trinajstić information content (AvgIpc) is 3.07. The highest BCUT2D eigenvalue weighted by Crippen LogP contribution is 2.31. The molecule has 0 amide bonds. The fraction of sp³-hybridized carbons (Fsp3) is 0.368. The first-order valence-corrected chi connectivity index (χ1v) is 8.54. The molecule has 0 saturated carbocycles. The summed E-state index contributed by atoms with van der Waals surface area (Å²) < 4.78 is 1.92. The SMILES string of the molecule is Cc1ccc2c(N3CCn4nc([C@@H](O)CO)cc4C3)ccnc2c1C. The number of hydrogen-bond acceptors (Lipinski definition) is 5. The molecular weight excluding hydrogens is 316 g/mol. The summed E-state index contributed by atoms with van der Waals surface area (Å²) in [5.41, 5.74) is 6.26. The summed E-state index contributed by atoms with van der Waals surface area (Å²) >= 11 is 0. The Hall–Kier alpha value is -2.44. The Morgan fingerprint density at radius 3 is 2.84 bits per heavy atom. The first-order valence-electron chi connectivity index (χ1n) is 8.54. The predicted molar refractivity (Wildman–Crippen MR) is 96.5 cm³/mol.